The lowest BCUT2D eigenvalue weighted by atomic mass is 10.2. The Hall–Kier alpha value is -2.60. The molecule has 6 heteroatoms. The summed E-state index contributed by atoms with van der Waals surface area (Å²) in [6.45, 7) is 7.45. The second-order valence-corrected chi connectivity index (χ2v) is 5.67. The second-order valence-electron chi connectivity index (χ2n) is 5.67. The first-order chi connectivity index (χ1) is 12.6. The van der Waals surface area contributed by atoms with E-state index >= 15 is 0 Å². The fourth-order valence-corrected chi connectivity index (χ4v) is 2.52. The molecule has 0 heterocycles. The molecule has 5 nitrogen and oxygen atoms in total. The molecule has 0 aliphatic carbocycles. The Kier molecular flexibility index (Phi) is 7.41. The third-order valence-electron chi connectivity index (χ3n) is 4.11. The summed E-state index contributed by atoms with van der Waals surface area (Å²) < 4.78 is 24.5. The van der Waals surface area contributed by atoms with Crippen LogP contribution in [0.3, 0.4) is 0 Å². The molecule has 2 aromatic carbocycles. The molecule has 1 amide bonds. The highest BCUT2D eigenvalue weighted by atomic mass is 19.1. The van der Waals surface area contributed by atoms with Gasteiger partial charge in [0.1, 0.15) is 12.4 Å². The molecule has 1 N–H and O–H groups in total. The van der Waals surface area contributed by atoms with Crippen LogP contribution >= 0.6 is 0 Å². The molecule has 0 radical (unpaired) electrons. The van der Waals surface area contributed by atoms with Gasteiger partial charge in [0.25, 0.3) is 5.91 Å². The first-order valence-electron chi connectivity index (χ1n) is 8.68. The van der Waals surface area contributed by atoms with Gasteiger partial charge in [-0.25, -0.2) is 4.39 Å². The molecule has 2 aromatic rings. The van der Waals surface area contributed by atoms with Crippen molar-refractivity contribution in [2.24, 2.45) is 0 Å². The minimum absolute atomic E-state index is 0.0988. The van der Waals surface area contributed by atoms with Crippen molar-refractivity contribution >= 4 is 11.6 Å². The first-order valence-corrected chi connectivity index (χ1v) is 8.68. The van der Waals surface area contributed by atoms with Gasteiger partial charge in [-0.1, -0.05) is 26.0 Å². The van der Waals surface area contributed by atoms with Crippen molar-refractivity contribution in [2.45, 2.75) is 13.8 Å². The predicted molar refractivity (Wildman–Crippen MR) is 101 cm³/mol. The number of methoxy groups -OCH3 is 1. The van der Waals surface area contributed by atoms with Gasteiger partial charge in [-0.3, -0.25) is 4.79 Å². The van der Waals surface area contributed by atoms with E-state index in [9.17, 15) is 9.18 Å². The second kappa shape index (κ2) is 9.77. The largest absolute Gasteiger partial charge is 0.494 e. The molecule has 0 aromatic heterocycles. The topological polar surface area (TPSA) is 50.8 Å². The number of benzene rings is 2. The van der Waals surface area contributed by atoms with Gasteiger partial charge in [0.05, 0.1) is 12.8 Å². The summed E-state index contributed by atoms with van der Waals surface area (Å²) in [5.74, 6) is -0.307. The maximum Gasteiger partial charge on any atom is 0.255 e. The van der Waals surface area contributed by atoms with E-state index in [1.165, 1.54) is 19.2 Å². The Bertz CT molecular complexity index is 733. The number of para-hydroxylation sites is 2. The highest BCUT2D eigenvalue weighted by molar-refractivity contribution is 6.05. The van der Waals surface area contributed by atoms with E-state index in [0.717, 1.165) is 25.7 Å². The predicted octanol–water partition coefficient (Wildman–Crippen LogP) is 3.81. The molecule has 26 heavy (non-hydrogen) atoms. The van der Waals surface area contributed by atoms with Gasteiger partial charge in [-0.05, 0) is 43.4 Å². The first kappa shape index (κ1) is 19.7. The normalized spacial score (nSPS) is 10.7. The lowest BCUT2D eigenvalue weighted by Gasteiger charge is -2.19. The highest BCUT2D eigenvalue weighted by Crippen LogP contribution is 2.25. The third-order valence-corrected chi connectivity index (χ3v) is 4.11. The summed E-state index contributed by atoms with van der Waals surface area (Å²) >= 11 is 0. The van der Waals surface area contributed by atoms with E-state index in [1.54, 1.807) is 12.1 Å². The summed E-state index contributed by atoms with van der Waals surface area (Å²) in [4.78, 5) is 14.7. The number of nitrogens with one attached hydrogen (secondary N) is 1. The van der Waals surface area contributed by atoms with Crippen LogP contribution < -0.4 is 14.8 Å². The molecular formula is C20H25FN2O3. The molecule has 0 unspecified atom stereocenters. The van der Waals surface area contributed by atoms with E-state index in [0.29, 0.717) is 18.0 Å². The van der Waals surface area contributed by atoms with E-state index in [2.05, 4.69) is 24.1 Å². The number of ether oxygens (including phenoxy) is 2. The number of hydrogen-bond acceptors (Lipinski definition) is 4. The monoisotopic (exact) mass is 360 g/mol. The van der Waals surface area contributed by atoms with Crippen LogP contribution in [-0.2, 0) is 0 Å². The summed E-state index contributed by atoms with van der Waals surface area (Å²) in [6, 6.07) is 11.3. The highest BCUT2D eigenvalue weighted by Gasteiger charge is 2.13. The molecule has 0 aliphatic heterocycles. The van der Waals surface area contributed by atoms with Crippen molar-refractivity contribution in [2.75, 3.05) is 38.7 Å². The molecular weight excluding hydrogens is 335 g/mol. The minimum atomic E-state index is -0.580. The van der Waals surface area contributed by atoms with Gasteiger partial charge in [-0.15, -0.1) is 0 Å². The minimum Gasteiger partial charge on any atom is -0.494 e. The number of halogens is 1. The lowest BCUT2D eigenvalue weighted by Crippen LogP contribution is -2.28. The van der Waals surface area contributed by atoms with Crippen molar-refractivity contribution in [1.82, 2.24) is 4.90 Å². The van der Waals surface area contributed by atoms with Gasteiger partial charge in [-0.2, -0.15) is 0 Å². The SMILES string of the molecule is CCN(CC)CCOc1ccccc1NC(=O)c1ccc(OC)c(F)c1. The number of hydrogen-bond donors (Lipinski definition) is 1. The third kappa shape index (κ3) is 5.20. The Morgan fingerprint density at radius 2 is 1.85 bits per heavy atom. The zero-order chi connectivity index (χ0) is 18.9. The Labute approximate surface area is 153 Å². The smallest absolute Gasteiger partial charge is 0.255 e. The standard InChI is InChI=1S/C20H25FN2O3/c1-4-23(5-2)12-13-26-19-9-7-6-8-17(19)22-20(24)15-10-11-18(25-3)16(21)14-15/h6-11,14H,4-5,12-13H2,1-3H3,(H,22,24). The average molecular weight is 360 g/mol. The van der Waals surface area contributed by atoms with Gasteiger partial charge in [0.2, 0.25) is 0 Å². The van der Waals surface area contributed by atoms with Crippen LogP contribution in [0.4, 0.5) is 10.1 Å². The van der Waals surface area contributed by atoms with Gasteiger partial charge < -0.3 is 19.7 Å². The van der Waals surface area contributed by atoms with Crippen molar-refractivity contribution < 1.29 is 18.7 Å². The maximum absolute atomic E-state index is 13.8. The number of carbonyl (C=O) groups is 1. The van der Waals surface area contributed by atoms with Crippen LogP contribution in [0.15, 0.2) is 42.5 Å². The van der Waals surface area contributed by atoms with E-state index < -0.39 is 11.7 Å². The Balaban J connectivity index is 2.05. The Morgan fingerprint density at radius 3 is 2.50 bits per heavy atom. The van der Waals surface area contributed by atoms with E-state index in [4.69, 9.17) is 9.47 Å². The molecule has 0 saturated carbocycles. The van der Waals surface area contributed by atoms with Crippen LogP contribution in [0.25, 0.3) is 0 Å². The average Bonchev–Trinajstić information content (AvgIpc) is 2.66. The number of nitrogens with zero attached hydrogens (tertiary/aromatic N) is 1. The number of rotatable bonds is 9. The van der Waals surface area contributed by atoms with Crippen molar-refractivity contribution in [3.05, 3.63) is 53.8 Å². The number of anilines is 1. The maximum atomic E-state index is 13.8. The fourth-order valence-electron chi connectivity index (χ4n) is 2.52. The van der Waals surface area contributed by atoms with Crippen molar-refractivity contribution in [1.29, 1.82) is 0 Å². The Morgan fingerprint density at radius 1 is 1.12 bits per heavy atom. The molecule has 0 spiro atoms. The van der Waals surface area contributed by atoms with Crippen LogP contribution in [0.2, 0.25) is 0 Å². The van der Waals surface area contributed by atoms with Crippen LogP contribution in [-0.4, -0.2) is 44.2 Å². The van der Waals surface area contributed by atoms with Crippen LogP contribution in [0.5, 0.6) is 11.5 Å². The summed E-state index contributed by atoms with van der Waals surface area (Å²) in [6.07, 6.45) is 0. The molecule has 0 aliphatic rings. The number of amides is 1. The molecule has 0 bridgehead atoms. The van der Waals surface area contributed by atoms with E-state index in [-0.39, 0.29) is 11.3 Å². The molecule has 0 fully saturated rings. The lowest BCUT2D eigenvalue weighted by molar-refractivity contribution is 0.102. The summed E-state index contributed by atoms with van der Waals surface area (Å²) in [5.41, 5.74) is 0.759. The molecule has 2 rings (SSSR count). The zero-order valence-electron chi connectivity index (χ0n) is 15.4. The summed E-state index contributed by atoms with van der Waals surface area (Å²) in [5, 5.41) is 2.77. The quantitative estimate of drug-likeness (QED) is 0.739. The zero-order valence-corrected chi connectivity index (χ0v) is 15.4. The van der Waals surface area contributed by atoms with Crippen LogP contribution in [0, 0.1) is 5.82 Å². The fraction of sp³-hybridized carbons (Fsp3) is 0.350. The van der Waals surface area contributed by atoms with Crippen molar-refractivity contribution in [3.8, 4) is 11.5 Å². The number of carbonyl (C=O) groups excluding carboxylic acids is 1. The van der Waals surface area contributed by atoms with Crippen LogP contribution in [0.1, 0.15) is 24.2 Å². The molecule has 140 valence electrons. The number of likely N-dealkylation sites (N-methyl/N-ethyl adjacent to an activating group) is 1. The van der Waals surface area contributed by atoms with Crippen molar-refractivity contribution in [3.63, 3.8) is 0 Å². The van der Waals surface area contributed by atoms with Gasteiger partial charge in [0, 0.05) is 12.1 Å². The molecule has 0 saturated heterocycles. The summed E-state index contributed by atoms with van der Waals surface area (Å²) in [7, 11) is 1.38. The van der Waals surface area contributed by atoms with Gasteiger partial charge in [0.15, 0.2) is 11.6 Å². The van der Waals surface area contributed by atoms with Gasteiger partial charge >= 0.3 is 0 Å². The van der Waals surface area contributed by atoms with E-state index in [1.807, 2.05) is 12.1 Å². The molecule has 0 atom stereocenters.